The minimum absolute atomic E-state index is 0.951. The summed E-state index contributed by atoms with van der Waals surface area (Å²) in [6, 6.07) is 8.12. The van der Waals surface area contributed by atoms with E-state index in [1.165, 1.54) is 11.1 Å². The van der Waals surface area contributed by atoms with Crippen LogP contribution in [0.1, 0.15) is 12.0 Å². The van der Waals surface area contributed by atoms with Gasteiger partial charge in [-0.2, -0.15) is 0 Å². The highest BCUT2D eigenvalue weighted by Gasteiger charge is 2.06. The molecule has 14 heavy (non-hydrogen) atoms. The molecule has 0 saturated carbocycles. The minimum atomic E-state index is 0.951. The molecule has 2 nitrogen and oxygen atoms in total. The SMILES string of the molecule is COc1ccccc1/C=C1/CCNC1. The van der Waals surface area contributed by atoms with Gasteiger partial charge in [-0.25, -0.2) is 0 Å². The lowest BCUT2D eigenvalue weighted by molar-refractivity contribution is 0.414. The molecular weight excluding hydrogens is 174 g/mol. The first-order chi connectivity index (χ1) is 6.90. The van der Waals surface area contributed by atoms with Crippen molar-refractivity contribution in [3.8, 4) is 5.75 Å². The molecular formula is C12H15NO. The zero-order valence-electron chi connectivity index (χ0n) is 8.42. The van der Waals surface area contributed by atoms with E-state index in [9.17, 15) is 0 Å². The molecule has 0 aromatic heterocycles. The highest BCUT2D eigenvalue weighted by atomic mass is 16.5. The second-order valence-corrected chi connectivity index (χ2v) is 3.47. The Labute approximate surface area is 84.6 Å². The van der Waals surface area contributed by atoms with Gasteiger partial charge >= 0.3 is 0 Å². The molecule has 1 saturated heterocycles. The average molecular weight is 189 g/mol. The summed E-state index contributed by atoms with van der Waals surface area (Å²) >= 11 is 0. The first-order valence-corrected chi connectivity index (χ1v) is 4.93. The zero-order chi connectivity index (χ0) is 9.80. The van der Waals surface area contributed by atoms with Gasteiger partial charge in [-0.3, -0.25) is 0 Å². The first kappa shape index (κ1) is 9.28. The van der Waals surface area contributed by atoms with Crippen LogP contribution < -0.4 is 10.1 Å². The summed E-state index contributed by atoms with van der Waals surface area (Å²) in [5.74, 6) is 0.951. The number of para-hydroxylation sites is 1. The molecule has 0 amide bonds. The zero-order valence-corrected chi connectivity index (χ0v) is 8.42. The monoisotopic (exact) mass is 189 g/mol. The molecule has 2 rings (SSSR count). The minimum Gasteiger partial charge on any atom is -0.496 e. The topological polar surface area (TPSA) is 21.3 Å². The van der Waals surface area contributed by atoms with E-state index in [2.05, 4.69) is 17.5 Å². The van der Waals surface area contributed by atoms with Crippen molar-refractivity contribution in [3.05, 3.63) is 35.4 Å². The largest absolute Gasteiger partial charge is 0.496 e. The number of methoxy groups -OCH3 is 1. The Bertz CT molecular complexity index is 336. The van der Waals surface area contributed by atoms with Gasteiger partial charge in [-0.1, -0.05) is 29.8 Å². The van der Waals surface area contributed by atoms with Crippen LogP contribution in [0, 0.1) is 0 Å². The first-order valence-electron chi connectivity index (χ1n) is 4.93. The number of nitrogens with one attached hydrogen (secondary N) is 1. The fourth-order valence-corrected chi connectivity index (χ4v) is 1.72. The Morgan fingerprint density at radius 1 is 1.36 bits per heavy atom. The van der Waals surface area contributed by atoms with Crippen molar-refractivity contribution >= 4 is 6.08 Å². The van der Waals surface area contributed by atoms with Gasteiger partial charge in [0, 0.05) is 12.1 Å². The van der Waals surface area contributed by atoms with Crippen molar-refractivity contribution in [1.29, 1.82) is 0 Å². The van der Waals surface area contributed by atoms with Crippen LogP contribution in [0.25, 0.3) is 6.08 Å². The molecule has 1 N–H and O–H groups in total. The molecule has 1 aliphatic rings. The van der Waals surface area contributed by atoms with Gasteiger partial charge < -0.3 is 10.1 Å². The average Bonchev–Trinajstić information content (AvgIpc) is 2.71. The number of hydrogen-bond acceptors (Lipinski definition) is 2. The van der Waals surface area contributed by atoms with E-state index >= 15 is 0 Å². The molecule has 1 aromatic rings. The van der Waals surface area contributed by atoms with Crippen molar-refractivity contribution in [3.63, 3.8) is 0 Å². The third-order valence-electron chi connectivity index (χ3n) is 2.47. The van der Waals surface area contributed by atoms with Crippen molar-refractivity contribution < 1.29 is 4.74 Å². The van der Waals surface area contributed by atoms with Crippen molar-refractivity contribution in [2.24, 2.45) is 0 Å². The Morgan fingerprint density at radius 3 is 2.93 bits per heavy atom. The molecule has 1 aliphatic heterocycles. The highest BCUT2D eigenvalue weighted by molar-refractivity contribution is 5.60. The van der Waals surface area contributed by atoms with E-state index in [0.29, 0.717) is 0 Å². The predicted octanol–water partition coefficient (Wildman–Crippen LogP) is 2.07. The van der Waals surface area contributed by atoms with E-state index < -0.39 is 0 Å². The lowest BCUT2D eigenvalue weighted by atomic mass is 10.1. The fraction of sp³-hybridized carbons (Fsp3) is 0.333. The van der Waals surface area contributed by atoms with Crippen molar-refractivity contribution in [1.82, 2.24) is 5.32 Å². The third-order valence-corrected chi connectivity index (χ3v) is 2.47. The van der Waals surface area contributed by atoms with Gasteiger partial charge in [-0.05, 0) is 19.0 Å². The van der Waals surface area contributed by atoms with Crippen LogP contribution in [-0.4, -0.2) is 20.2 Å². The summed E-state index contributed by atoms with van der Waals surface area (Å²) in [5.41, 5.74) is 2.63. The van der Waals surface area contributed by atoms with Gasteiger partial charge in [0.15, 0.2) is 0 Å². The number of ether oxygens (including phenoxy) is 1. The maximum Gasteiger partial charge on any atom is 0.126 e. The summed E-state index contributed by atoms with van der Waals surface area (Å²) in [6.45, 7) is 2.11. The van der Waals surface area contributed by atoms with Crippen LogP contribution in [0.15, 0.2) is 29.8 Å². The van der Waals surface area contributed by atoms with Gasteiger partial charge in [0.2, 0.25) is 0 Å². The van der Waals surface area contributed by atoms with E-state index in [1.54, 1.807) is 7.11 Å². The molecule has 0 radical (unpaired) electrons. The molecule has 2 heteroatoms. The van der Waals surface area contributed by atoms with E-state index in [-0.39, 0.29) is 0 Å². The second-order valence-electron chi connectivity index (χ2n) is 3.47. The van der Waals surface area contributed by atoms with Crippen LogP contribution >= 0.6 is 0 Å². The highest BCUT2D eigenvalue weighted by Crippen LogP contribution is 2.21. The smallest absolute Gasteiger partial charge is 0.126 e. The van der Waals surface area contributed by atoms with E-state index in [1.807, 2.05) is 18.2 Å². The van der Waals surface area contributed by atoms with Gasteiger partial charge in [0.1, 0.15) is 5.75 Å². The van der Waals surface area contributed by atoms with Crippen molar-refractivity contribution in [2.45, 2.75) is 6.42 Å². The summed E-state index contributed by atoms with van der Waals surface area (Å²) in [5, 5.41) is 3.32. The molecule has 74 valence electrons. The number of benzene rings is 1. The Hall–Kier alpha value is -1.28. The van der Waals surface area contributed by atoms with Crippen LogP contribution in [0.4, 0.5) is 0 Å². The van der Waals surface area contributed by atoms with Crippen LogP contribution in [0.5, 0.6) is 5.75 Å². The molecule has 0 unspecified atom stereocenters. The summed E-state index contributed by atoms with van der Waals surface area (Å²) in [4.78, 5) is 0. The van der Waals surface area contributed by atoms with Gasteiger partial charge in [0.05, 0.1) is 7.11 Å². The summed E-state index contributed by atoms with van der Waals surface area (Å²) in [7, 11) is 1.71. The molecule has 0 bridgehead atoms. The van der Waals surface area contributed by atoms with E-state index in [0.717, 1.165) is 25.3 Å². The molecule has 1 heterocycles. The van der Waals surface area contributed by atoms with Crippen molar-refractivity contribution in [2.75, 3.05) is 20.2 Å². The predicted molar refractivity (Wildman–Crippen MR) is 58.5 cm³/mol. The van der Waals surface area contributed by atoms with Crippen LogP contribution in [-0.2, 0) is 0 Å². The quantitative estimate of drug-likeness (QED) is 0.769. The number of hydrogen-bond donors (Lipinski definition) is 1. The lowest BCUT2D eigenvalue weighted by Gasteiger charge is -2.04. The standard InChI is InChI=1S/C12H15NO/c1-14-12-5-3-2-4-11(12)8-10-6-7-13-9-10/h2-5,8,13H,6-7,9H2,1H3/b10-8-. The van der Waals surface area contributed by atoms with E-state index in [4.69, 9.17) is 4.74 Å². The van der Waals surface area contributed by atoms with Crippen LogP contribution in [0.3, 0.4) is 0 Å². The third kappa shape index (κ3) is 1.96. The van der Waals surface area contributed by atoms with Gasteiger partial charge in [-0.15, -0.1) is 0 Å². The summed E-state index contributed by atoms with van der Waals surface area (Å²) < 4.78 is 5.29. The molecule has 0 spiro atoms. The maximum atomic E-state index is 5.29. The molecule has 0 aliphatic carbocycles. The van der Waals surface area contributed by atoms with Gasteiger partial charge in [0.25, 0.3) is 0 Å². The molecule has 1 fully saturated rings. The second kappa shape index (κ2) is 4.29. The Balaban J connectivity index is 2.26. The number of rotatable bonds is 2. The fourth-order valence-electron chi connectivity index (χ4n) is 1.72. The maximum absolute atomic E-state index is 5.29. The normalized spacial score (nSPS) is 18.8. The Kier molecular flexibility index (Phi) is 2.84. The summed E-state index contributed by atoms with van der Waals surface area (Å²) in [6.07, 6.45) is 3.37. The lowest BCUT2D eigenvalue weighted by Crippen LogP contribution is -2.04. The molecule has 1 aromatic carbocycles. The Morgan fingerprint density at radius 2 is 2.21 bits per heavy atom. The molecule has 0 atom stereocenters. The van der Waals surface area contributed by atoms with Crippen LogP contribution in [0.2, 0.25) is 0 Å².